The molecule has 180 valence electrons. The van der Waals surface area contributed by atoms with Crippen molar-refractivity contribution in [3.8, 4) is 0 Å². The lowest BCUT2D eigenvalue weighted by Crippen LogP contribution is -2.53. The maximum Gasteiger partial charge on any atom is 0.348 e. The molecule has 0 aromatic heterocycles. The highest BCUT2D eigenvalue weighted by Gasteiger charge is 2.64. The Morgan fingerprint density at radius 1 is 0.548 bits per heavy atom. The zero-order valence-electron chi connectivity index (χ0n) is 16.7. The molecule has 0 aliphatic carbocycles. The fourth-order valence-electron chi connectivity index (χ4n) is 4.08. The summed E-state index contributed by atoms with van der Waals surface area (Å²) >= 11 is 78.6. The van der Waals surface area contributed by atoms with Crippen molar-refractivity contribution in [3.63, 3.8) is 0 Å². The molecule has 4 atom stereocenters. The minimum Gasteiger partial charge on any atom is -0.126 e. The molecule has 1 rings (SSSR count). The summed E-state index contributed by atoms with van der Waals surface area (Å²) in [5, 5.41) is 0. The Hall–Kier alpha value is 3.57. The molecular formula is C15H20Cl12Si4. The Labute approximate surface area is 244 Å². The molecule has 31 heavy (non-hydrogen) atoms. The molecular weight excluding hydrogens is 718 g/mol. The van der Waals surface area contributed by atoms with Gasteiger partial charge in [-0.1, -0.05) is 52.0 Å². The fourth-order valence-corrected chi connectivity index (χ4v) is 14.7. The van der Waals surface area contributed by atoms with E-state index in [1.807, 2.05) is 52.0 Å². The van der Waals surface area contributed by atoms with E-state index in [2.05, 4.69) is 0 Å². The van der Waals surface area contributed by atoms with Gasteiger partial charge in [0, 0.05) is 27.6 Å². The van der Waals surface area contributed by atoms with Gasteiger partial charge < -0.3 is 0 Å². The summed E-state index contributed by atoms with van der Waals surface area (Å²) in [5.41, 5.74) is -1.79. The third-order valence-corrected chi connectivity index (χ3v) is 23.5. The van der Waals surface area contributed by atoms with Gasteiger partial charge >= 0.3 is 24.0 Å². The van der Waals surface area contributed by atoms with Gasteiger partial charge in [-0.3, -0.25) is 0 Å². The molecule has 0 radical (unpaired) electrons. The summed E-state index contributed by atoms with van der Waals surface area (Å²) in [6.07, 6.45) is 0. The van der Waals surface area contributed by atoms with Crippen molar-refractivity contribution >= 4 is 157 Å². The lowest BCUT2D eigenvalue weighted by molar-refractivity contribution is 0.371. The van der Waals surface area contributed by atoms with Crippen LogP contribution < -0.4 is 0 Å². The van der Waals surface area contributed by atoms with Crippen LogP contribution in [-0.2, 0) is 5.41 Å². The van der Waals surface area contributed by atoms with Crippen molar-refractivity contribution in [1.29, 1.82) is 0 Å². The van der Waals surface area contributed by atoms with E-state index in [4.69, 9.17) is 133 Å². The summed E-state index contributed by atoms with van der Waals surface area (Å²) in [6, 6.07) is -6.10. The van der Waals surface area contributed by atoms with E-state index >= 15 is 0 Å². The number of benzene rings is 1. The highest BCUT2D eigenvalue weighted by Crippen LogP contribution is 2.67. The van der Waals surface area contributed by atoms with Crippen LogP contribution >= 0.6 is 133 Å². The highest BCUT2D eigenvalue weighted by atomic mass is 35.9. The molecule has 0 bridgehead atoms. The first-order valence-electron chi connectivity index (χ1n) is 8.96. The fraction of sp³-hybridized carbons (Fsp3) is 0.600. The van der Waals surface area contributed by atoms with Crippen molar-refractivity contribution in [2.24, 2.45) is 0 Å². The van der Waals surface area contributed by atoms with Crippen molar-refractivity contribution < 1.29 is 0 Å². The highest BCUT2D eigenvalue weighted by molar-refractivity contribution is 7.67. The van der Waals surface area contributed by atoms with Crippen LogP contribution in [-0.4, -0.2) is 24.0 Å². The number of hydrogen-bond donors (Lipinski definition) is 0. The Bertz CT molecular complexity index is 702. The molecule has 0 aliphatic heterocycles. The van der Waals surface area contributed by atoms with Gasteiger partial charge in [-0.2, -0.15) is 0 Å². The summed E-state index contributed by atoms with van der Waals surface area (Å²) in [4.78, 5) is 0. The van der Waals surface area contributed by atoms with E-state index in [1.54, 1.807) is 0 Å². The van der Waals surface area contributed by atoms with Gasteiger partial charge in [0.2, 0.25) is 0 Å². The minimum absolute atomic E-state index is 0.411. The smallest absolute Gasteiger partial charge is 0.126 e. The maximum absolute atomic E-state index is 6.60. The zero-order valence-corrected chi connectivity index (χ0v) is 29.7. The molecule has 1 aromatic rings. The third kappa shape index (κ3) is 7.55. The summed E-state index contributed by atoms with van der Waals surface area (Å²) in [7, 11) is 0. The second-order valence-corrected chi connectivity index (χ2v) is 43.8. The van der Waals surface area contributed by atoms with Crippen molar-refractivity contribution in [2.75, 3.05) is 0 Å². The predicted molar refractivity (Wildman–Crippen MR) is 158 cm³/mol. The van der Waals surface area contributed by atoms with Crippen LogP contribution in [0.1, 0.15) is 44.4 Å². The van der Waals surface area contributed by atoms with Gasteiger partial charge in [-0.05, 0) is 11.1 Å². The first-order chi connectivity index (χ1) is 13.6. The van der Waals surface area contributed by atoms with Crippen molar-refractivity contribution in [2.45, 2.75) is 55.3 Å². The largest absolute Gasteiger partial charge is 0.348 e. The topological polar surface area (TPSA) is 0 Å². The molecule has 0 amide bonds. The summed E-state index contributed by atoms with van der Waals surface area (Å²) in [5.74, 6) is 0. The van der Waals surface area contributed by atoms with Crippen molar-refractivity contribution in [3.05, 3.63) is 35.4 Å². The van der Waals surface area contributed by atoms with Crippen LogP contribution in [0.25, 0.3) is 0 Å². The number of halogens is 12. The summed E-state index contributed by atoms with van der Waals surface area (Å²) in [6.45, 7) is 7.29. The second-order valence-electron chi connectivity index (χ2n) is 7.57. The molecule has 0 nitrogen and oxygen atoms in total. The van der Waals surface area contributed by atoms with E-state index in [1.165, 1.54) is 0 Å². The van der Waals surface area contributed by atoms with Crippen LogP contribution in [0.2, 0.25) is 16.6 Å². The van der Waals surface area contributed by atoms with Gasteiger partial charge in [-0.15, -0.1) is 133 Å². The normalized spacial score (nSPS) is 20.0. The third-order valence-electron chi connectivity index (χ3n) is 6.01. The molecule has 0 saturated heterocycles. The number of hydrogen-bond acceptors (Lipinski definition) is 0. The first kappa shape index (κ1) is 32.6. The first-order valence-corrected chi connectivity index (χ1v) is 29.4. The molecule has 16 heteroatoms. The van der Waals surface area contributed by atoms with Gasteiger partial charge in [-0.25, -0.2) is 0 Å². The molecule has 0 heterocycles. The van der Waals surface area contributed by atoms with Crippen LogP contribution in [0.5, 0.6) is 0 Å². The van der Waals surface area contributed by atoms with E-state index in [0.29, 0.717) is 0 Å². The Balaban J connectivity index is 4.22. The lowest BCUT2D eigenvalue weighted by atomic mass is 9.70. The zero-order chi connectivity index (χ0) is 24.8. The van der Waals surface area contributed by atoms with Gasteiger partial charge in [0.1, 0.15) is 0 Å². The van der Waals surface area contributed by atoms with E-state index in [0.717, 1.165) is 11.1 Å². The van der Waals surface area contributed by atoms with E-state index < -0.39 is 51.6 Å². The summed E-state index contributed by atoms with van der Waals surface area (Å²) < 4.78 is 0. The Kier molecular flexibility index (Phi) is 12.1. The van der Waals surface area contributed by atoms with Crippen LogP contribution in [0, 0.1) is 0 Å². The SMILES string of the molecule is CC(c1ccccc1C(C(C)[Si](Cl)(Cl)Cl)(C(C)[Si](Cl)(Cl)Cl)C(C)[Si](Cl)(Cl)Cl)[Si](Cl)(Cl)Cl. The molecule has 0 spiro atoms. The maximum atomic E-state index is 6.60. The molecule has 0 saturated carbocycles. The molecule has 0 N–H and O–H groups in total. The predicted octanol–water partition coefficient (Wildman–Crippen LogP) is 11.4. The van der Waals surface area contributed by atoms with Gasteiger partial charge in [0.25, 0.3) is 0 Å². The molecule has 4 unspecified atom stereocenters. The van der Waals surface area contributed by atoms with Gasteiger partial charge in [0.05, 0.1) is 0 Å². The van der Waals surface area contributed by atoms with Gasteiger partial charge in [0.15, 0.2) is 0 Å². The second kappa shape index (κ2) is 11.5. The van der Waals surface area contributed by atoms with Crippen molar-refractivity contribution in [1.82, 2.24) is 0 Å². The minimum atomic E-state index is -3.44. The molecule has 0 aliphatic rings. The Morgan fingerprint density at radius 3 is 1.16 bits per heavy atom. The monoisotopic (exact) mass is 732 g/mol. The van der Waals surface area contributed by atoms with Crippen LogP contribution in [0.4, 0.5) is 0 Å². The van der Waals surface area contributed by atoms with Crippen LogP contribution in [0.3, 0.4) is 0 Å². The number of rotatable bonds is 9. The lowest BCUT2D eigenvalue weighted by Gasteiger charge is -2.53. The average molecular weight is 738 g/mol. The molecule has 0 fully saturated rings. The standard InChI is InChI=1S/C15H20Cl12Si4/c1-9(28(16,17)18)13-7-5-6-8-14(13)15(10(2)29(19,20)21,11(3)30(22,23)24)12(4)31(25,26)27/h5-12H,1-4H3. The average Bonchev–Trinajstić information content (AvgIpc) is 2.58. The van der Waals surface area contributed by atoms with E-state index in [-0.39, 0.29) is 0 Å². The van der Waals surface area contributed by atoms with E-state index in [9.17, 15) is 0 Å². The molecule has 1 aromatic carbocycles. The van der Waals surface area contributed by atoms with Crippen LogP contribution in [0.15, 0.2) is 24.3 Å². The Morgan fingerprint density at radius 2 is 0.871 bits per heavy atom. The quantitative estimate of drug-likeness (QED) is 0.175.